The Hall–Kier alpha value is -3.10. The third kappa shape index (κ3) is 3.06. The third-order valence-corrected chi connectivity index (χ3v) is 6.13. The lowest BCUT2D eigenvalue weighted by Crippen LogP contribution is -2.01. The molecule has 3 aromatic heterocycles. The van der Waals surface area contributed by atoms with Crippen LogP contribution >= 0.6 is 22.7 Å². The van der Waals surface area contributed by atoms with Gasteiger partial charge in [0, 0.05) is 16.8 Å². The summed E-state index contributed by atoms with van der Waals surface area (Å²) in [7, 11) is 0. The number of thiophene rings is 1. The van der Waals surface area contributed by atoms with E-state index in [2.05, 4.69) is 31.9 Å². The van der Waals surface area contributed by atoms with Crippen molar-refractivity contribution in [3.8, 4) is 0 Å². The number of aromatic nitrogens is 3. The SMILES string of the molecule is Cc1ccc(Nc2nnc(Nc3ccc4ncsc4c3)c3sccc23)cc1F. The van der Waals surface area contributed by atoms with Gasteiger partial charge < -0.3 is 10.6 Å². The minimum absolute atomic E-state index is 0.253. The first kappa shape index (κ1) is 17.0. The van der Waals surface area contributed by atoms with E-state index in [0.29, 0.717) is 22.9 Å². The monoisotopic (exact) mass is 407 g/mol. The number of rotatable bonds is 4. The Morgan fingerprint density at radius 1 is 0.893 bits per heavy atom. The lowest BCUT2D eigenvalue weighted by molar-refractivity contribution is 0.619. The topological polar surface area (TPSA) is 62.7 Å². The quantitative estimate of drug-likeness (QED) is 0.369. The number of fused-ring (bicyclic) bond motifs is 2. The van der Waals surface area contributed by atoms with E-state index in [9.17, 15) is 4.39 Å². The number of nitrogens with one attached hydrogen (secondary N) is 2. The molecular weight excluding hydrogens is 393 g/mol. The van der Waals surface area contributed by atoms with Crippen LogP contribution in [-0.4, -0.2) is 15.2 Å². The summed E-state index contributed by atoms with van der Waals surface area (Å²) in [6.07, 6.45) is 0. The molecule has 0 bridgehead atoms. The number of hydrogen-bond donors (Lipinski definition) is 2. The van der Waals surface area contributed by atoms with Gasteiger partial charge in [-0.2, -0.15) is 0 Å². The van der Waals surface area contributed by atoms with E-state index in [1.165, 1.54) is 6.07 Å². The highest BCUT2D eigenvalue weighted by atomic mass is 32.1. The molecule has 0 aliphatic carbocycles. The Bertz CT molecular complexity index is 1310. The maximum Gasteiger partial charge on any atom is 0.171 e. The van der Waals surface area contributed by atoms with Crippen molar-refractivity contribution in [2.45, 2.75) is 6.92 Å². The van der Waals surface area contributed by atoms with Gasteiger partial charge in [-0.25, -0.2) is 9.37 Å². The van der Waals surface area contributed by atoms with Gasteiger partial charge in [0.05, 0.1) is 20.4 Å². The van der Waals surface area contributed by atoms with Crippen LogP contribution in [0, 0.1) is 12.7 Å². The molecule has 0 saturated carbocycles. The minimum Gasteiger partial charge on any atom is -0.338 e. The molecule has 0 spiro atoms. The molecule has 2 N–H and O–H groups in total. The van der Waals surface area contributed by atoms with Gasteiger partial charge in [-0.1, -0.05) is 6.07 Å². The normalized spacial score (nSPS) is 11.2. The number of hydrogen-bond acceptors (Lipinski definition) is 7. The maximum absolute atomic E-state index is 13.8. The van der Waals surface area contributed by atoms with Crippen LogP contribution in [0.4, 0.5) is 27.4 Å². The van der Waals surface area contributed by atoms with Crippen molar-refractivity contribution in [1.29, 1.82) is 0 Å². The van der Waals surface area contributed by atoms with E-state index >= 15 is 0 Å². The van der Waals surface area contributed by atoms with Crippen molar-refractivity contribution < 1.29 is 4.39 Å². The van der Waals surface area contributed by atoms with Gasteiger partial charge >= 0.3 is 0 Å². The van der Waals surface area contributed by atoms with Crippen molar-refractivity contribution in [3.05, 3.63) is 64.7 Å². The lowest BCUT2D eigenvalue weighted by atomic mass is 10.2. The van der Waals surface area contributed by atoms with Crippen molar-refractivity contribution in [2.75, 3.05) is 10.6 Å². The molecular formula is C20H14FN5S2. The summed E-state index contributed by atoms with van der Waals surface area (Å²) in [6.45, 7) is 1.74. The molecule has 0 fully saturated rings. The van der Waals surface area contributed by atoms with Gasteiger partial charge in [-0.15, -0.1) is 32.9 Å². The van der Waals surface area contributed by atoms with Crippen LogP contribution in [-0.2, 0) is 0 Å². The fourth-order valence-corrected chi connectivity index (χ4v) is 4.48. The second-order valence-corrected chi connectivity index (χ2v) is 8.11. The number of aryl methyl sites for hydroxylation is 1. The summed E-state index contributed by atoms with van der Waals surface area (Å²) >= 11 is 3.18. The molecule has 5 rings (SSSR count). The summed E-state index contributed by atoms with van der Waals surface area (Å²) in [4.78, 5) is 4.30. The molecule has 138 valence electrons. The second-order valence-electron chi connectivity index (χ2n) is 6.31. The third-order valence-electron chi connectivity index (χ3n) is 4.41. The zero-order valence-electron chi connectivity index (χ0n) is 14.7. The molecule has 28 heavy (non-hydrogen) atoms. The van der Waals surface area contributed by atoms with Gasteiger partial charge in [0.2, 0.25) is 0 Å². The molecule has 5 nitrogen and oxygen atoms in total. The second kappa shape index (κ2) is 6.81. The van der Waals surface area contributed by atoms with Crippen molar-refractivity contribution in [3.63, 3.8) is 0 Å². The Morgan fingerprint density at radius 3 is 2.57 bits per heavy atom. The van der Waals surface area contributed by atoms with E-state index in [1.54, 1.807) is 35.7 Å². The Balaban J connectivity index is 1.49. The molecule has 0 atom stereocenters. The summed E-state index contributed by atoms with van der Waals surface area (Å²) in [6, 6.07) is 13.0. The predicted octanol–water partition coefficient (Wildman–Crippen LogP) is 6.24. The first-order valence-electron chi connectivity index (χ1n) is 8.55. The Kier molecular flexibility index (Phi) is 4.14. The fourth-order valence-electron chi connectivity index (χ4n) is 2.93. The first-order chi connectivity index (χ1) is 13.7. The molecule has 0 radical (unpaired) electrons. The average Bonchev–Trinajstić information content (AvgIpc) is 3.36. The minimum atomic E-state index is -0.253. The van der Waals surface area contributed by atoms with Crippen molar-refractivity contribution in [2.24, 2.45) is 0 Å². The highest BCUT2D eigenvalue weighted by molar-refractivity contribution is 7.18. The zero-order chi connectivity index (χ0) is 19.1. The van der Waals surface area contributed by atoms with Crippen LogP contribution in [0.1, 0.15) is 5.56 Å². The van der Waals surface area contributed by atoms with Gasteiger partial charge in [-0.05, 0) is 54.3 Å². The highest BCUT2D eigenvalue weighted by Crippen LogP contribution is 2.34. The fraction of sp³-hybridized carbons (Fsp3) is 0.0500. The van der Waals surface area contributed by atoms with Crippen molar-refractivity contribution >= 4 is 66.0 Å². The summed E-state index contributed by atoms with van der Waals surface area (Å²) in [5.74, 6) is 1.04. The van der Waals surface area contributed by atoms with Crippen LogP contribution in [0.5, 0.6) is 0 Å². The van der Waals surface area contributed by atoms with Crippen molar-refractivity contribution in [1.82, 2.24) is 15.2 Å². The summed E-state index contributed by atoms with van der Waals surface area (Å²) in [5.41, 5.74) is 4.99. The summed E-state index contributed by atoms with van der Waals surface area (Å²) < 4.78 is 15.9. The van der Waals surface area contributed by atoms with Crippen LogP contribution in [0.15, 0.2) is 53.4 Å². The van der Waals surface area contributed by atoms with Crippen LogP contribution in [0.25, 0.3) is 20.3 Å². The van der Waals surface area contributed by atoms with Crippen LogP contribution in [0.3, 0.4) is 0 Å². The number of thiazole rings is 1. The number of anilines is 4. The van der Waals surface area contributed by atoms with Gasteiger partial charge in [0.15, 0.2) is 11.6 Å². The molecule has 0 aliphatic rings. The highest BCUT2D eigenvalue weighted by Gasteiger charge is 2.12. The summed E-state index contributed by atoms with van der Waals surface area (Å²) in [5, 5.41) is 18.1. The molecule has 5 aromatic rings. The molecule has 3 heterocycles. The number of halogens is 1. The van der Waals surface area contributed by atoms with Gasteiger partial charge in [0.25, 0.3) is 0 Å². The molecule has 8 heteroatoms. The molecule has 0 unspecified atom stereocenters. The van der Waals surface area contributed by atoms with Gasteiger partial charge in [0.1, 0.15) is 5.82 Å². The van der Waals surface area contributed by atoms with E-state index in [1.807, 2.05) is 35.2 Å². The molecule has 0 amide bonds. The predicted molar refractivity (Wildman–Crippen MR) is 115 cm³/mol. The Morgan fingerprint density at radius 2 is 1.68 bits per heavy atom. The average molecular weight is 407 g/mol. The molecule has 2 aromatic carbocycles. The van der Waals surface area contributed by atoms with E-state index in [-0.39, 0.29) is 5.82 Å². The van der Waals surface area contributed by atoms with E-state index in [4.69, 9.17) is 0 Å². The van der Waals surface area contributed by atoms with E-state index in [0.717, 1.165) is 26.0 Å². The van der Waals surface area contributed by atoms with Crippen LogP contribution < -0.4 is 10.6 Å². The van der Waals surface area contributed by atoms with E-state index < -0.39 is 0 Å². The number of benzene rings is 2. The molecule has 0 saturated heterocycles. The van der Waals surface area contributed by atoms with Crippen LogP contribution in [0.2, 0.25) is 0 Å². The smallest absolute Gasteiger partial charge is 0.171 e. The zero-order valence-corrected chi connectivity index (χ0v) is 16.4. The first-order valence-corrected chi connectivity index (χ1v) is 10.3. The number of nitrogens with zero attached hydrogens (tertiary/aromatic N) is 3. The lowest BCUT2D eigenvalue weighted by Gasteiger charge is -2.10. The van der Waals surface area contributed by atoms with Gasteiger partial charge in [-0.3, -0.25) is 0 Å². The standard InChI is InChI=1S/C20H14FN5S2/c1-11-2-3-12(8-15(11)21)23-19-14-6-7-27-18(14)20(26-25-19)24-13-4-5-16-17(9-13)28-10-22-16/h2-10H,1H3,(H,23,25)(H,24,26). The maximum atomic E-state index is 13.8. The Labute approximate surface area is 167 Å². The molecule has 0 aliphatic heterocycles. The largest absolute Gasteiger partial charge is 0.338 e.